The Morgan fingerprint density at radius 2 is 1.92 bits per heavy atom. The Labute approximate surface area is 162 Å². The molecule has 1 aromatic heterocycles. The molecule has 9 heteroatoms. The Morgan fingerprint density at radius 1 is 1.28 bits per heavy atom. The molecule has 2 rings (SSSR count). The van der Waals surface area contributed by atoms with Gasteiger partial charge in [-0.3, -0.25) is 14.4 Å². The molecule has 0 bridgehead atoms. The standard InChI is InChI=1S/C16H29N5O2.2ClH/c1-3-16(4-2,13-17)15(22)19-14-11-18-21(12-14)6-5-20-7-9-23-10-8-20;;/h11-12H,3-10,13,17H2,1-2H3,(H,19,22);2*1H. The molecule has 0 aromatic carbocycles. The van der Waals surface area contributed by atoms with E-state index in [2.05, 4.69) is 15.3 Å². The zero-order valence-corrected chi connectivity index (χ0v) is 16.7. The van der Waals surface area contributed by atoms with E-state index in [1.54, 1.807) is 6.20 Å². The smallest absolute Gasteiger partial charge is 0.231 e. The molecule has 0 unspecified atom stereocenters. The Hall–Kier alpha value is -0.860. The highest BCUT2D eigenvalue weighted by Gasteiger charge is 2.33. The molecule has 0 atom stereocenters. The lowest BCUT2D eigenvalue weighted by atomic mass is 9.81. The van der Waals surface area contributed by atoms with Gasteiger partial charge in [-0.05, 0) is 12.8 Å². The summed E-state index contributed by atoms with van der Waals surface area (Å²) in [5, 5.41) is 7.28. The minimum absolute atomic E-state index is 0. The minimum Gasteiger partial charge on any atom is -0.379 e. The Bertz CT molecular complexity index is 494. The first-order valence-electron chi connectivity index (χ1n) is 8.47. The van der Waals surface area contributed by atoms with Gasteiger partial charge in [0.15, 0.2) is 0 Å². The van der Waals surface area contributed by atoms with Gasteiger partial charge in [0.25, 0.3) is 0 Å². The fraction of sp³-hybridized carbons (Fsp3) is 0.750. The summed E-state index contributed by atoms with van der Waals surface area (Å²) in [7, 11) is 0. The molecule has 2 heterocycles. The van der Waals surface area contributed by atoms with E-state index < -0.39 is 5.41 Å². The fourth-order valence-electron chi connectivity index (χ4n) is 2.84. The topological polar surface area (TPSA) is 85.4 Å². The van der Waals surface area contributed by atoms with Crippen LogP contribution in [-0.2, 0) is 16.1 Å². The van der Waals surface area contributed by atoms with E-state index >= 15 is 0 Å². The molecule has 0 radical (unpaired) electrons. The molecule has 1 aliphatic rings. The van der Waals surface area contributed by atoms with Crippen molar-refractivity contribution in [2.75, 3.05) is 44.7 Å². The lowest BCUT2D eigenvalue weighted by Gasteiger charge is -2.28. The van der Waals surface area contributed by atoms with Gasteiger partial charge in [0, 0.05) is 32.4 Å². The van der Waals surface area contributed by atoms with Crippen molar-refractivity contribution >= 4 is 36.4 Å². The van der Waals surface area contributed by atoms with Crippen molar-refractivity contribution in [1.29, 1.82) is 0 Å². The SMILES string of the molecule is CCC(CC)(CN)C(=O)Nc1cnn(CCN2CCOCC2)c1.Cl.Cl. The summed E-state index contributed by atoms with van der Waals surface area (Å²) >= 11 is 0. The minimum atomic E-state index is -0.490. The first kappa shape index (κ1) is 24.1. The largest absolute Gasteiger partial charge is 0.379 e. The number of aromatic nitrogens is 2. The number of nitrogens with two attached hydrogens (primary N) is 1. The van der Waals surface area contributed by atoms with Gasteiger partial charge in [-0.2, -0.15) is 5.10 Å². The monoisotopic (exact) mass is 395 g/mol. The quantitative estimate of drug-likeness (QED) is 0.700. The molecule has 1 amide bonds. The van der Waals surface area contributed by atoms with Gasteiger partial charge in [-0.1, -0.05) is 13.8 Å². The number of morpholine rings is 1. The molecule has 1 fully saturated rings. The van der Waals surface area contributed by atoms with Crippen LogP contribution in [0.5, 0.6) is 0 Å². The van der Waals surface area contributed by atoms with Crippen molar-refractivity contribution in [3.63, 3.8) is 0 Å². The molecule has 1 aliphatic heterocycles. The van der Waals surface area contributed by atoms with Crippen molar-refractivity contribution in [1.82, 2.24) is 14.7 Å². The van der Waals surface area contributed by atoms with E-state index in [1.807, 2.05) is 24.7 Å². The molecule has 146 valence electrons. The van der Waals surface area contributed by atoms with E-state index in [9.17, 15) is 4.79 Å². The molecule has 0 aliphatic carbocycles. The predicted octanol–water partition coefficient (Wildman–Crippen LogP) is 1.76. The number of carbonyl (C=O) groups excluding carboxylic acids is 1. The van der Waals surface area contributed by atoms with E-state index in [-0.39, 0.29) is 30.7 Å². The number of amides is 1. The maximum Gasteiger partial charge on any atom is 0.231 e. The van der Waals surface area contributed by atoms with Crippen molar-refractivity contribution in [3.8, 4) is 0 Å². The summed E-state index contributed by atoms with van der Waals surface area (Å²) in [5.41, 5.74) is 6.06. The molecule has 0 spiro atoms. The van der Waals surface area contributed by atoms with E-state index in [0.717, 1.165) is 57.9 Å². The molecule has 7 nitrogen and oxygen atoms in total. The number of carbonyl (C=O) groups is 1. The lowest BCUT2D eigenvalue weighted by molar-refractivity contribution is -0.125. The third-order valence-electron chi connectivity index (χ3n) is 4.87. The van der Waals surface area contributed by atoms with Crippen LogP contribution in [-0.4, -0.2) is 60.0 Å². The highest BCUT2D eigenvalue weighted by atomic mass is 35.5. The average Bonchev–Trinajstić information content (AvgIpc) is 3.03. The van der Waals surface area contributed by atoms with Crippen molar-refractivity contribution in [2.45, 2.75) is 33.2 Å². The number of nitrogens with one attached hydrogen (secondary N) is 1. The second kappa shape index (κ2) is 11.7. The summed E-state index contributed by atoms with van der Waals surface area (Å²) in [6.07, 6.45) is 5.04. The maximum atomic E-state index is 12.5. The number of nitrogens with zero attached hydrogens (tertiary/aromatic N) is 3. The van der Waals surface area contributed by atoms with Gasteiger partial charge in [0.05, 0.1) is 37.1 Å². The van der Waals surface area contributed by atoms with Crippen molar-refractivity contribution < 1.29 is 9.53 Å². The van der Waals surface area contributed by atoms with Crippen LogP contribution < -0.4 is 11.1 Å². The van der Waals surface area contributed by atoms with Crippen LogP contribution >= 0.6 is 24.8 Å². The first-order valence-corrected chi connectivity index (χ1v) is 8.47. The molecule has 1 saturated heterocycles. The summed E-state index contributed by atoms with van der Waals surface area (Å²) in [6.45, 7) is 9.65. The number of rotatable bonds is 8. The van der Waals surface area contributed by atoms with Crippen LogP contribution in [0.2, 0.25) is 0 Å². The van der Waals surface area contributed by atoms with Crippen LogP contribution in [0.4, 0.5) is 5.69 Å². The van der Waals surface area contributed by atoms with Gasteiger partial charge < -0.3 is 15.8 Å². The molecule has 3 N–H and O–H groups in total. The fourth-order valence-corrected chi connectivity index (χ4v) is 2.84. The Kier molecular flexibility index (Phi) is 11.3. The average molecular weight is 396 g/mol. The Morgan fingerprint density at radius 3 is 2.48 bits per heavy atom. The molecule has 1 aromatic rings. The van der Waals surface area contributed by atoms with Crippen LogP contribution in [0.3, 0.4) is 0 Å². The zero-order valence-electron chi connectivity index (χ0n) is 15.1. The third kappa shape index (κ3) is 6.42. The number of hydrogen-bond donors (Lipinski definition) is 2. The van der Waals surface area contributed by atoms with E-state index in [0.29, 0.717) is 6.54 Å². The van der Waals surface area contributed by atoms with Crippen LogP contribution in [0.1, 0.15) is 26.7 Å². The second-order valence-electron chi connectivity index (χ2n) is 6.09. The zero-order chi connectivity index (χ0) is 16.7. The predicted molar refractivity (Wildman–Crippen MR) is 105 cm³/mol. The highest BCUT2D eigenvalue weighted by Crippen LogP contribution is 2.26. The summed E-state index contributed by atoms with van der Waals surface area (Å²) in [5.74, 6) is -0.0160. The maximum absolute atomic E-state index is 12.5. The van der Waals surface area contributed by atoms with Gasteiger partial charge >= 0.3 is 0 Å². The van der Waals surface area contributed by atoms with Gasteiger partial charge in [0.2, 0.25) is 5.91 Å². The number of ether oxygens (including phenoxy) is 1. The van der Waals surface area contributed by atoms with Gasteiger partial charge in [-0.25, -0.2) is 0 Å². The van der Waals surface area contributed by atoms with Crippen LogP contribution in [0.15, 0.2) is 12.4 Å². The lowest BCUT2D eigenvalue weighted by Crippen LogP contribution is -2.41. The molecule has 0 saturated carbocycles. The van der Waals surface area contributed by atoms with Gasteiger partial charge in [0.1, 0.15) is 0 Å². The number of hydrogen-bond acceptors (Lipinski definition) is 5. The van der Waals surface area contributed by atoms with Crippen molar-refractivity contribution in [2.24, 2.45) is 11.1 Å². The van der Waals surface area contributed by atoms with Crippen LogP contribution in [0.25, 0.3) is 0 Å². The third-order valence-corrected chi connectivity index (χ3v) is 4.87. The van der Waals surface area contributed by atoms with Crippen molar-refractivity contribution in [3.05, 3.63) is 12.4 Å². The summed E-state index contributed by atoms with van der Waals surface area (Å²) < 4.78 is 7.21. The normalized spacial score (nSPS) is 15.2. The summed E-state index contributed by atoms with van der Waals surface area (Å²) in [4.78, 5) is 14.9. The molecular weight excluding hydrogens is 365 g/mol. The molecule has 25 heavy (non-hydrogen) atoms. The molecular formula is C16H31Cl2N5O2. The summed E-state index contributed by atoms with van der Waals surface area (Å²) in [6, 6.07) is 0. The highest BCUT2D eigenvalue weighted by molar-refractivity contribution is 5.95. The van der Waals surface area contributed by atoms with E-state index in [4.69, 9.17) is 10.5 Å². The number of anilines is 1. The van der Waals surface area contributed by atoms with Crippen LogP contribution in [0, 0.1) is 5.41 Å². The van der Waals surface area contributed by atoms with Gasteiger partial charge in [-0.15, -0.1) is 24.8 Å². The van der Waals surface area contributed by atoms with E-state index in [1.165, 1.54) is 0 Å². The second-order valence-corrected chi connectivity index (χ2v) is 6.09. The Balaban J connectivity index is 0.00000288. The number of halogens is 2. The first-order chi connectivity index (χ1) is 11.1.